The first kappa shape index (κ1) is 14.9. The van der Waals surface area contributed by atoms with Gasteiger partial charge in [0.05, 0.1) is 9.40 Å². The smallest absolute Gasteiger partial charge is 0.283 e. The Hall–Kier alpha value is -0.980. The molecule has 0 spiro atoms. The number of rotatable bonds is 6. The first-order valence-corrected chi connectivity index (χ1v) is 8.33. The Bertz CT molecular complexity index is 528. The molecule has 1 N–H and O–H groups in total. The third kappa shape index (κ3) is 3.62. The van der Waals surface area contributed by atoms with Crippen LogP contribution < -0.4 is 5.32 Å². The summed E-state index contributed by atoms with van der Waals surface area (Å²) in [7, 11) is 0. The van der Waals surface area contributed by atoms with Crippen LogP contribution in [-0.2, 0) is 6.54 Å². The van der Waals surface area contributed by atoms with Crippen molar-refractivity contribution in [3.63, 3.8) is 0 Å². The van der Waals surface area contributed by atoms with Crippen LogP contribution in [0.5, 0.6) is 0 Å². The molecular weight excluding hydrogens is 334 g/mol. The highest BCUT2D eigenvalue weighted by Gasteiger charge is 2.32. The van der Waals surface area contributed by atoms with Crippen LogP contribution in [0.3, 0.4) is 0 Å². The van der Waals surface area contributed by atoms with E-state index in [4.69, 9.17) is 0 Å². The molecule has 1 atom stereocenters. The zero-order valence-corrected chi connectivity index (χ0v) is 13.5. The Balaban J connectivity index is 1.73. The Morgan fingerprint density at radius 3 is 2.81 bits per heavy atom. The predicted octanol–water partition coefficient (Wildman–Crippen LogP) is 3.07. The summed E-state index contributed by atoms with van der Waals surface area (Å²) in [4.78, 5) is 13.2. The molecule has 1 aromatic carbocycles. The van der Waals surface area contributed by atoms with Crippen LogP contribution >= 0.6 is 15.9 Å². The highest BCUT2D eigenvalue weighted by Crippen LogP contribution is 2.33. The first-order valence-electron chi connectivity index (χ1n) is 7.54. The van der Waals surface area contributed by atoms with Gasteiger partial charge in [0.1, 0.15) is 0 Å². The van der Waals surface area contributed by atoms with Gasteiger partial charge in [-0.05, 0) is 53.7 Å². The Kier molecular flexibility index (Phi) is 4.57. The van der Waals surface area contributed by atoms with E-state index < -0.39 is 0 Å². The fourth-order valence-corrected chi connectivity index (χ4v) is 3.56. The fourth-order valence-electron chi connectivity index (χ4n) is 3.03. The first-order chi connectivity index (χ1) is 10.1. The number of nitrogens with zero attached hydrogens (tertiary/aromatic N) is 2. The topological polar surface area (TPSA) is 58.4 Å². The van der Waals surface area contributed by atoms with Gasteiger partial charge in [-0.2, -0.15) is 0 Å². The number of hydrogen-bond acceptors (Lipinski definition) is 4. The van der Waals surface area contributed by atoms with Gasteiger partial charge in [-0.3, -0.25) is 15.0 Å². The molecule has 0 amide bonds. The van der Waals surface area contributed by atoms with Crippen molar-refractivity contribution in [3.8, 4) is 0 Å². The summed E-state index contributed by atoms with van der Waals surface area (Å²) < 4.78 is 0.625. The van der Waals surface area contributed by atoms with Gasteiger partial charge in [0.15, 0.2) is 0 Å². The van der Waals surface area contributed by atoms with E-state index >= 15 is 0 Å². The molecule has 1 aliphatic carbocycles. The summed E-state index contributed by atoms with van der Waals surface area (Å²) in [6.07, 6.45) is 4.99. The van der Waals surface area contributed by atoms with Crippen molar-refractivity contribution < 1.29 is 4.92 Å². The maximum atomic E-state index is 11.0. The van der Waals surface area contributed by atoms with E-state index in [0.29, 0.717) is 16.6 Å². The lowest BCUT2D eigenvalue weighted by molar-refractivity contribution is -0.385. The minimum absolute atomic E-state index is 0.155. The number of hydrogen-bond donors (Lipinski definition) is 1. The van der Waals surface area contributed by atoms with Crippen molar-refractivity contribution in [1.29, 1.82) is 0 Å². The van der Waals surface area contributed by atoms with Crippen LogP contribution in [0.4, 0.5) is 5.69 Å². The molecular formula is C15H20BrN3O2. The number of benzene rings is 1. The zero-order valence-electron chi connectivity index (χ0n) is 11.9. The second-order valence-electron chi connectivity index (χ2n) is 5.96. The van der Waals surface area contributed by atoms with Gasteiger partial charge in [-0.15, -0.1) is 0 Å². The fraction of sp³-hybridized carbons (Fsp3) is 0.600. The zero-order chi connectivity index (χ0) is 14.8. The molecule has 1 unspecified atom stereocenters. The van der Waals surface area contributed by atoms with E-state index in [0.717, 1.165) is 25.2 Å². The average Bonchev–Trinajstić information content (AvgIpc) is 3.18. The molecule has 1 aromatic rings. The standard InChI is InChI=1S/C15H20BrN3O2/c16-15-11(3-1-5-14(15)19(20)21)9-18(13-6-7-13)10-12-4-2-8-17-12/h1,3,5,12-13,17H,2,4,6-10H2. The average molecular weight is 354 g/mol. The third-order valence-corrected chi connectivity index (χ3v) is 5.22. The molecule has 0 aromatic heterocycles. The van der Waals surface area contributed by atoms with E-state index in [1.165, 1.54) is 25.7 Å². The summed E-state index contributed by atoms with van der Waals surface area (Å²) in [6, 6.07) is 6.53. The van der Waals surface area contributed by atoms with Gasteiger partial charge < -0.3 is 5.32 Å². The van der Waals surface area contributed by atoms with E-state index in [1.54, 1.807) is 12.1 Å². The molecule has 1 saturated carbocycles. The largest absolute Gasteiger partial charge is 0.313 e. The molecule has 5 nitrogen and oxygen atoms in total. The number of nitro benzene ring substituents is 1. The molecule has 0 radical (unpaired) electrons. The maximum absolute atomic E-state index is 11.0. The molecule has 114 valence electrons. The molecule has 21 heavy (non-hydrogen) atoms. The summed E-state index contributed by atoms with van der Waals surface area (Å²) in [6.45, 7) is 2.94. The molecule has 1 saturated heterocycles. The molecule has 1 heterocycles. The molecule has 2 aliphatic rings. The minimum Gasteiger partial charge on any atom is -0.313 e. The second kappa shape index (κ2) is 6.42. The Labute approximate surface area is 133 Å². The number of halogens is 1. The van der Waals surface area contributed by atoms with Crippen molar-refractivity contribution in [2.45, 2.75) is 44.3 Å². The van der Waals surface area contributed by atoms with Crippen molar-refractivity contribution >= 4 is 21.6 Å². The lowest BCUT2D eigenvalue weighted by Gasteiger charge is -2.26. The van der Waals surface area contributed by atoms with Gasteiger partial charge in [-0.1, -0.05) is 12.1 Å². The van der Waals surface area contributed by atoms with Crippen LogP contribution in [-0.4, -0.2) is 35.0 Å². The highest BCUT2D eigenvalue weighted by molar-refractivity contribution is 9.10. The molecule has 3 rings (SSSR count). The molecule has 2 fully saturated rings. The molecule has 1 aliphatic heterocycles. The lowest BCUT2D eigenvalue weighted by atomic mass is 10.1. The number of nitro groups is 1. The molecule has 6 heteroatoms. The monoisotopic (exact) mass is 353 g/mol. The summed E-state index contributed by atoms with van der Waals surface area (Å²) in [5.41, 5.74) is 1.16. The highest BCUT2D eigenvalue weighted by atomic mass is 79.9. The van der Waals surface area contributed by atoms with Crippen molar-refractivity contribution in [1.82, 2.24) is 10.2 Å². The SMILES string of the molecule is O=[N+]([O-])c1cccc(CN(CC2CCCN2)C2CC2)c1Br. The van der Waals surface area contributed by atoms with Crippen LogP contribution in [0.25, 0.3) is 0 Å². The summed E-state index contributed by atoms with van der Waals surface area (Å²) in [5.74, 6) is 0. The van der Waals surface area contributed by atoms with E-state index in [2.05, 4.69) is 26.1 Å². The predicted molar refractivity (Wildman–Crippen MR) is 85.3 cm³/mol. The summed E-state index contributed by atoms with van der Waals surface area (Å²) >= 11 is 3.41. The van der Waals surface area contributed by atoms with Gasteiger partial charge >= 0.3 is 0 Å². The number of nitrogens with one attached hydrogen (secondary N) is 1. The van der Waals surface area contributed by atoms with Crippen molar-refractivity contribution in [2.75, 3.05) is 13.1 Å². The molecule has 0 bridgehead atoms. The quantitative estimate of drug-likeness (QED) is 0.630. The maximum Gasteiger partial charge on any atom is 0.283 e. The summed E-state index contributed by atoms with van der Waals surface area (Å²) in [5, 5.41) is 14.6. The minimum atomic E-state index is -0.326. The Morgan fingerprint density at radius 1 is 1.38 bits per heavy atom. The van der Waals surface area contributed by atoms with E-state index in [9.17, 15) is 10.1 Å². The van der Waals surface area contributed by atoms with Gasteiger partial charge in [0, 0.05) is 31.2 Å². The van der Waals surface area contributed by atoms with Gasteiger partial charge in [0.25, 0.3) is 5.69 Å². The Morgan fingerprint density at radius 2 is 2.19 bits per heavy atom. The van der Waals surface area contributed by atoms with Crippen molar-refractivity contribution in [3.05, 3.63) is 38.3 Å². The van der Waals surface area contributed by atoms with Crippen LogP contribution in [0.2, 0.25) is 0 Å². The van der Waals surface area contributed by atoms with Gasteiger partial charge in [0.2, 0.25) is 0 Å². The van der Waals surface area contributed by atoms with Crippen LogP contribution in [0, 0.1) is 10.1 Å². The van der Waals surface area contributed by atoms with Crippen LogP contribution in [0.1, 0.15) is 31.2 Å². The van der Waals surface area contributed by atoms with E-state index in [1.807, 2.05) is 6.07 Å². The normalized spacial score (nSPS) is 21.9. The lowest BCUT2D eigenvalue weighted by Crippen LogP contribution is -2.38. The second-order valence-corrected chi connectivity index (χ2v) is 6.75. The van der Waals surface area contributed by atoms with E-state index in [-0.39, 0.29) is 10.6 Å². The van der Waals surface area contributed by atoms with Crippen molar-refractivity contribution in [2.24, 2.45) is 0 Å². The van der Waals surface area contributed by atoms with Gasteiger partial charge in [-0.25, -0.2) is 0 Å². The van der Waals surface area contributed by atoms with Crippen LogP contribution in [0.15, 0.2) is 22.7 Å². The third-order valence-electron chi connectivity index (χ3n) is 4.31.